The van der Waals surface area contributed by atoms with Crippen molar-refractivity contribution >= 4 is 69.7 Å². The van der Waals surface area contributed by atoms with Crippen LogP contribution in [0, 0.1) is 0 Å². The van der Waals surface area contributed by atoms with Crippen molar-refractivity contribution < 1.29 is 17.1 Å². The SMILES string of the molecule is S=C([S-])N(c1ccccc1)N1CCNCC1.S=C([S-])N(c1ccccc1)N1CCNCC1.[Cu+2]. The molecule has 0 unspecified atom stereocenters. The van der Waals surface area contributed by atoms with Gasteiger partial charge in [0.15, 0.2) is 0 Å². The minimum atomic E-state index is 0. The zero-order chi connectivity index (χ0) is 22.8. The van der Waals surface area contributed by atoms with Crippen molar-refractivity contribution in [1.29, 1.82) is 0 Å². The molecule has 2 aliphatic heterocycles. The smallest absolute Gasteiger partial charge is 0.409 e. The Bertz CT molecular complexity index is 777. The van der Waals surface area contributed by atoms with Crippen LogP contribution in [0.15, 0.2) is 60.7 Å². The van der Waals surface area contributed by atoms with Gasteiger partial charge in [-0.2, -0.15) is 0 Å². The van der Waals surface area contributed by atoms with Gasteiger partial charge in [-0.15, -0.1) is 0 Å². The number of rotatable bonds is 4. The molecule has 2 saturated heterocycles. The molecule has 0 saturated carbocycles. The van der Waals surface area contributed by atoms with Crippen LogP contribution in [0.25, 0.3) is 0 Å². The molecule has 6 nitrogen and oxygen atoms in total. The molecule has 11 heteroatoms. The summed E-state index contributed by atoms with van der Waals surface area (Å²) in [4.78, 5) is 0. The van der Waals surface area contributed by atoms with Crippen molar-refractivity contribution in [3.8, 4) is 0 Å². The zero-order valence-corrected chi connectivity index (χ0v) is 22.4. The fraction of sp³-hybridized carbons (Fsp3) is 0.364. The first-order chi connectivity index (χ1) is 15.6. The predicted octanol–water partition coefficient (Wildman–Crippen LogP) is 2.29. The Morgan fingerprint density at radius 1 is 0.636 bits per heavy atom. The topological polar surface area (TPSA) is 37.0 Å². The van der Waals surface area contributed by atoms with Crippen LogP contribution in [-0.4, -0.2) is 71.0 Å². The van der Waals surface area contributed by atoms with Gasteiger partial charge in [0, 0.05) is 52.4 Å². The molecule has 2 heterocycles. The molecular formula is C22H28CuN6S4. The number of benzene rings is 2. The number of anilines is 2. The van der Waals surface area contributed by atoms with E-state index in [1.165, 1.54) is 0 Å². The average Bonchev–Trinajstić information content (AvgIpc) is 2.82. The molecule has 2 aromatic rings. The Balaban J connectivity index is 0.000000227. The van der Waals surface area contributed by atoms with Crippen LogP contribution in [0.4, 0.5) is 11.4 Å². The molecule has 1 radical (unpaired) electrons. The normalized spacial score (nSPS) is 16.5. The van der Waals surface area contributed by atoms with Gasteiger partial charge in [-0.05, 0) is 32.9 Å². The molecule has 4 rings (SSSR count). The zero-order valence-electron chi connectivity index (χ0n) is 18.2. The van der Waals surface area contributed by atoms with E-state index < -0.39 is 0 Å². The molecular weight excluding hydrogens is 540 g/mol. The van der Waals surface area contributed by atoms with Crippen molar-refractivity contribution in [3.63, 3.8) is 0 Å². The van der Waals surface area contributed by atoms with Crippen LogP contribution in [0.3, 0.4) is 0 Å². The average molecular weight is 568 g/mol. The number of thiocarbonyl (C=S) groups is 2. The summed E-state index contributed by atoms with van der Waals surface area (Å²) in [6.07, 6.45) is 0. The van der Waals surface area contributed by atoms with Crippen molar-refractivity contribution in [2.75, 3.05) is 62.4 Å². The van der Waals surface area contributed by atoms with Crippen molar-refractivity contribution in [2.45, 2.75) is 0 Å². The number of nitrogens with zero attached hydrogens (tertiary/aromatic N) is 4. The van der Waals surface area contributed by atoms with E-state index in [0.29, 0.717) is 8.64 Å². The first-order valence-corrected chi connectivity index (χ1v) is 12.2. The Morgan fingerprint density at radius 2 is 0.939 bits per heavy atom. The molecule has 0 aliphatic carbocycles. The summed E-state index contributed by atoms with van der Waals surface area (Å²) in [5, 5.41) is 14.9. The molecule has 0 bridgehead atoms. The number of para-hydroxylation sites is 2. The van der Waals surface area contributed by atoms with Gasteiger partial charge in [0.25, 0.3) is 0 Å². The first kappa shape index (κ1) is 28.3. The molecule has 2 N–H and O–H groups in total. The Hall–Kier alpha value is -0.981. The third kappa shape index (κ3) is 8.63. The third-order valence-corrected chi connectivity index (χ3v) is 5.79. The number of hydrogen-bond donors (Lipinski definition) is 2. The van der Waals surface area contributed by atoms with Crippen molar-refractivity contribution in [1.82, 2.24) is 20.7 Å². The fourth-order valence-corrected chi connectivity index (χ4v) is 4.50. The van der Waals surface area contributed by atoms with Crippen molar-refractivity contribution in [3.05, 3.63) is 60.7 Å². The van der Waals surface area contributed by atoms with Gasteiger partial charge in [-0.1, -0.05) is 36.4 Å². The molecule has 0 atom stereocenters. The Kier molecular flexibility index (Phi) is 12.9. The predicted molar refractivity (Wildman–Crippen MR) is 147 cm³/mol. The van der Waals surface area contributed by atoms with E-state index >= 15 is 0 Å². The number of piperazine rings is 2. The standard InChI is InChI=1S/2C11H15N3S2.Cu/c2*15-11(16)14(10-4-2-1-3-5-10)13-8-6-12-7-9-13;/h2*1-5,12H,6-9H2,(H,15,16);/q;;+2/p-2. The number of nitrogens with one attached hydrogen (secondary N) is 2. The summed E-state index contributed by atoms with van der Waals surface area (Å²) in [6, 6.07) is 20.1. The molecule has 2 aromatic carbocycles. The van der Waals surface area contributed by atoms with E-state index in [9.17, 15) is 0 Å². The maximum absolute atomic E-state index is 5.16. The quantitative estimate of drug-likeness (QED) is 0.326. The van der Waals surface area contributed by atoms with E-state index in [4.69, 9.17) is 49.7 Å². The van der Waals surface area contributed by atoms with Gasteiger partial charge in [0.2, 0.25) is 0 Å². The third-order valence-electron chi connectivity index (χ3n) is 5.10. The van der Waals surface area contributed by atoms with Gasteiger partial charge in [-0.25, -0.2) is 10.0 Å². The van der Waals surface area contributed by atoms with E-state index in [1.807, 2.05) is 70.7 Å². The second-order valence-corrected chi connectivity index (χ2v) is 9.30. The van der Waals surface area contributed by atoms with Gasteiger partial charge in [0.1, 0.15) is 0 Å². The maximum atomic E-state index is 5.16. The summed E-state index contributed by atoms with van der Waals surface area (Å²) in [5.41, 5.74) is 2.09. The summed E-state index contributed by atoms with van der Waals surface area (Å²) in [7, 11) is 0. The number of hydrazine groups is 2. The molecule has 181 valence electrons. The van der Waals surface area contributed by atoms with Gasteiger partial charge >= 0.3 is 17.1 Å². The van der Waals surface area contributed by atoms with Crippen LogP contribution in [0.1, 0.15) is 0 Å². The second kappa shape index (κ2) is 15.1. The molecule has 2 fully saturated rings. The molecule has 0 amide bonds. The molecule has 33 heavy (non-hydrogen) atoms. The van der Waals surface area contributed by atoms with Crippen LogP contribution in [0.2, 0.25) is 0 Å². The Morgan fingerprint density at radius 3 is 1.21 bits per heavy atom. The minimum Gasteiger partial charge on any atom is -0.409 e. The maximum Gasteiger partial charge on any atom is 2.00 e. The van der Waals surface area contributed by atoms with Crippen LogP contribution in [-0.2, 0) is 42.3 Å². The Labute approximate surface area is 229 Å². The van der Waals surface area contributed by atoms with Crippen LogP contribution < -0.4 is 20.7 Å². The summed E-state index contributed by atoms with van der Waals surface area (Å²) in [5.74, 6) is 0. The van der Waals surface area contributed by atoms with E-state index in [0.717, 1.165) is 63.7 Å². The summed E-state index contributed by atoms with van der Waals surface area (Å²) >= 11 is 20.6. The molecule has 2 aliphatic rings. The first-order valence-electron chi connectivity index (χ1n) is 10.6. The summed E-state index contributed by atoms with van der Waals surface area (Å²) < 4.78 is 0.959. The van der Waals surface area contributed by atoms with E-state index in [1.54, 1.807) is 0 Å². The van der Waals surface area contributed by atoms with Gasteiger partial charge in [0.05, 0.1) is 11.4 Å². The summed E-state index contributed by atoms with van der Waals surface area (Å²) in [6.45, 7) is 7.64. The van der Waals surface area contributed by atoms with Crippen LogP contribution >= 0.6 is 24.4 Å². The van der Waals surface area contributed by atoms with Gasteiger partial charge < -0.3 is 60.3 Å². The van der Waals surface area contributed by atoms with Gasteiger partial charge in [-0.3, -0.25) is 10.0 Å². The minimum absolute atomic E-state index is 0. The fourth-order valence-electron chi connectivity index (χ4n) is 3.61. The monoisotopic (exact) mass is 567 g/mol. The largest absolute Gasteiger partial charge is 2.00 e. The van der Waals surface area contributed by atoms with Crippen LogP contribution in [0.5, 0.6) is 0 Å². The van der Waals surface area contributed by atoms with Crippen molar-refractivity contribution in [2.24, 2.45) is 0 Å². The molecule has 0 spiro atoms. The second-order valence-electron chi connectivity index (χ2n) is 7.23. The number of hydrogen-bond acceptors (Lipinski definition) is 8. The molecule has 0 aromatic heterocycles. The van der Waals surface area contributed by atoms with E-state index in [2.05, 4.69) is 20.7 Å². The van der Waals surface area contributed by atoms with E-state index in [-0.39, 0.29) is 17.1 Å².